The summed E-state index contributed by atoms with van der Waals surface area (Å²) >= 11 is 0. The Morgan fingerprint density at radius 2 is 1.61 bits per heavy atom. The molecule has 0 aliphatic rings. The SMILES string of the molecule is CCN(CC)c1ccc(N=Nc2cc(F)c([N+](=O)[O-])cc2[N+](=O)[O-])c(NC)c1. The molecule has 0 aliphatic carbocycles. The molecule has 0 saturated carbocycles. The Kier molecular flexibility index (Phi) is 6.53. The third-order valence-electron chi connectivity index (χ3n) is 4.08. The highest BCUT2D eigenvalue weighted by Crippen LogP contribution is 2.36. The molecule has 0 aromatic heterocycles. The second-order valence-corrected chi connectivity index (χ2v) is 5.63. The van der Waals surface area contributed by atoms with Crippen LogP contribution in [-0.4, -0.2) is 30.0 Å². The number of rotatable bonds is 8. The summed E-state index contributed by atoms with van der Waals surface area (Å²) in [7, 11) is 1.69. The van der Waals surface area contributed by atoms with Crippen LogP contribution < -0.4 is 10.2 Å². The van der Waals surface area contributed by atoms with Crippen molar-refractivity contribution in [3.05, 3.63) is 56.4 Å². The summed E-state index contributed by atoms with van der Waals surface area (Å²) in [5, 5.41) is 32.6. The molecule has 148 valence electrons. The Morgan fingerprint density at radius 1 is 1.00 bits per heavy atom. The number of hydrogen-bond donors (Lipinski definition) is 1. The lowest BCUT2D eigenvalue weighted by molar-refractivity contribution is -0.395. The van der Waals surface area contributed by atoms with E-state index in [1.165, 1.54) is 0 Å². The molecule has 0 heterocycles. The van der Waals surface area contributed by atoms with Gasteiger partial charge in [-0.25, -0.2) is 0 Å². The molecule has 0 bridgehead atoms. The van der Waals surface area contributed by atoms with Gasteiger partial charge < -0.3 is 10.2 Å². The van der Waals surface area contributed by atoms with Gasteiger partial charge in [-0.1, -0.05) is 0 Å². The van der Waals surface area contributed by atoms with E-state index in [1.54, 1.807) is 13.1 Å². The third-order valence-corrected chi connectivity index (χ3v) is 4.08. The maximum absolute atomic E-state index is 13.9. The molecule has 11 heteroatoms. The Morgan fingerprint density at radius 3 is 2.14 bits per heavy atom. The number of benzene rings is 2. The first-order valence-corrected chi connectivity index (χ1v) is 8.43. The van der Waals surface area contributed by atoms with Gasteiger partial charge in [0, 0.05) is 31.9 Å². The zero-order valence-electron chi connectivity index (χ0n) is 15.5. The standard InChI is InChI=1S/C17H19FN6O4/c1-4-22(5-2)11-6-7-13(14(8-11)19-3)20-21-15-9-12(18)16(23(25)26)10-17(15)24(27)28/h6-10,19H,4-5H2,1-3H3. The first kappa shape index (κ1) is 20.7. The monoisotopic (exact) mass is 390 g/mol. The number of azo groups is 1. The molecule has 0 saturated heterocycles. The van der Waals surface area contributed by atoms with Crippen molar-refractivity contribution in [2.75, 3.05) is 30.4 Å². The minimum Gasteiger partial charge on any atom is -0.386 e. The van der Waals surface area contributed by atoms with E-state index < -0.39 is 32.7 Å². The van der Waals surface area contributed by atoms with Crippen LogP contribution in [0.25, 0.3) is 0 Å². The first-order chi connectivity index (χ1) is 13.3. The highest BCUT2D eigenvalue weighted by molar-refractivity contribution is 5.72. The number of nitro groups is 2. The van der Waals surface area contributed by atoms with E-state index in [0.717, 1.165) is 18.8 Å². The number of hydrogen-bond acceptors (Lipinski definition) is 8. The fraction of sp³-hybridized carbons (Fsp3) is 0.294. The zero-order chi connectivity index (χ0) is 20.8. The van der Waals surface area contributed by atoms with Crippen LogP contribution in [0.4, 0.5) is 38.5 Å². The van der Waals surface area contributed by atoms with Crippen LogP contribution in [0.3, 0.4) is 0 Å². The largest absolute Gasteiger partial charge is 0.386 e. The van der Waals surface area contributed by atoms with E-state index in [4.69, 9.17) is 0 Å². The fourth-order valence-corrected chi connectivity index (χ4v) is 2.61. The van der Waals surface area contributed by atoms with Crippen LogP contribution in [0.2, 0.25) is 0 Å². The lowest BCUT2D eigenvalue weighted by atomic mass is 10.2. The van der Waals surface area contributed by atoms with Crippen LogP contribution >= 0.6 is 0 Å². The van der Waals surface area contributed by atoms with Crippen molar-refractivity contribution in [2.45, 2.75) is 13.8 Å². The second-order valence-electron chi connectivity index (χ2n) is 5.63. The van der Waals surface area contributed by atoms with E-state index in [1.807, 2.05) is 26.0 Å². The van der Waals surface area contributed by atoms with Gasteiger partial charge in [-0.3, -0.25) is 20.2 Å². The lowest BCUT2D eigenvalue weighted by Crippen LogP contribution is -2.21. The molecule has 0 spiro atoms. The van der Waals surface area contributed by atoms with Crippen molar-refractivity contribution in [1.29, 1.82) is 0 Å². The van der Waals surface area contributed by atoms with Gasteiger partial charge in [-0.05, 0) is 32.0 Å². The molecule has 0 aliphatic heterocycles. The quantitative estimate of drug-likeness (QED) is 0.386. The van der Waals surface area contributed by atoms with Crippen LogP contribution in [0, 0.1) is 26.0 Å². The van der Waals surface area contributed by atoms with Crippen LogP contribution in [-0.2, 0) is 0 Å². The normalized spacial score (nSPS) is 10.9. The molecular weight excluding hydrogens is 371 g/mol. The summed E-state index contributed by atoms with van der Waals surface area (Å²) in [5.41, 5.74) is -0.152. The number of anilines is 2. The maximum Gasteiger partial charge on any atom is 0.311 e. The maximum atomic E-state index is 13.9. The Bertz CT molecular complexity index is 930. The van der Waals surface area contributed by atoms with Crippen molar-refractivity contribution >= 4 is 34.1 Å². The highest BCUT2D eigenvalue weighted by Gasteiger charge is 2.25. The summed E-state index contributed by atoms with van der Waals surface area (Å²) in [5.74, 6) is -1.23. The summed E-state index contributed by atoms with van der Waals surface area (Å²) in [6.07, 6.45) is 0. The van der Waals surface area contributed by atoms with E-state index in [9.17, 15) is 24.6 Å². The number of nitrogens with zero attached hydrogens (tertiary/aromatic N) is 5. The van der Waals surface area contributed by atoms with Crippen molar-refractivity contribution in [2.24, 2.45) is 10.2 Å². The molecule has 0 atom stereocenters. The molecule has 10 nitrogen and oxygen atoms in total. The van der Waals surface area contributed by atoms with Crippen LogP contribution in [0.15, 0.2) is 40.6 Å². The number of nitrogens with one attached hydrogen (secondary N) is 1. The van der Waals surface area contributed by atoms with Gasteiger partial charge in [0.15, 0.2) is 5.69 Å². The van der Waals surface area contributed by atoms with Gasteiger partial charge in [0.1, 0.15) is 5.69 Å². The fourth-order valence-electron chi connectivity index (χ4n) is 2.61. The van der Waals surface area contributed by atoms with E-state index in [2.05, 4.69) is 20.4 Å². The summed E-state index contributed by atoms with van der Waals surface area (Å²) in [6, 6.07) is 6.52. The van der Waals surface area contributed by atoms with Crippen LogP contribution in [0.1, 0.15) is 13.8 Å². The van der Waals surface area contributed by atoms with E-state index >= 15 is 0 Å². The average molecular weight is 390 g/mol. The Hall–Kier alpha value is -3.63. The average Bonchev–Trinajstić information content (AvgIpc) is 2.67. The van der Waals surface area contributed by atoms with Gasteiger partial charge in [-0.15, -0.1) is 10.2 Å². The van der Waals surface area contributed by atoms with E-state index in [-0.39, 0.29) is 0 Å². The second kappa shape index (κ2) is 8.84. The van der Waals surface area contributed by atoms with Crippen molar-refractivity contribution in [3.8, 4) is 0 Å². The molecule has 0 radical (unpaired) electrons. The predicted octanol–water partition coefficient (Wildman–Crippen LogP) is 4.95. The van der Waals surface area contributed by atoms with Crippen molar-refractivity contribution < 1.29 is 14.2 Å². The number of nitro benzene ring substituents is 2. The van der Waals surface area contributed by atoms with Gasteiger partial charge in [-0.2, -0.15) is 4.39 Å². The zero-order valence-corrected chi connectivity index (χ0v) is 15.5. The van der Waals surface area contributed by atoms with Crippen molar-refractivity contribution in [1.82, 2.24) is 0 Å². The van der Waals surface area contributed by atoms with Crippen molar-refractivity contribution in [3.63, 3.8) is 0 Å². The Balaban J connectivity index is 2.46. The lowest BCUT2D eigenvalue weighted by Gasteiger charge is -2.22. The van der Waals surface area contributed by atoms with Gasteiger partial charge in [0.2, 0.25) is 5.82 Å². The predicted molar refractivity (Wildman–Crippen MR) is 103 cm³/mol. The molecule has 0 fully saturated rings. The molecule has 0 unspecified atom stereocenters. The first-order valence-electron chi connectivity index (χ1n) is 8.43. The van der Waals surface area contributed by atoms with Gasteiger partial charge in [0.05, 0.1) is 21.6 Å². The van der Waals surface area contributed by atoms with Gasteiger partial charge >= 0.3 is 11.4 Å². The van der Waals surface area contributed by atoms with E-state index in [0.29, 0.717) is 23.5 Å². The smallest absolute Gasteiger partial charge is 0.311 e. The molecular formula is C17H19FN6O4. The molecule has 2 aromatic rings. The molecule has 1 N–H and O–H groups in total. The molecule has 28 heavy (non-hydrogen) atoms. The summed E-state index contributed by atoms with van der Waals surface area (Å²) in [4.78, 5) is 22.2. The summed E-state index contributed by atoms with van der Waals surface area (Å²) < 4.78 is 13.9. The summed E-state index contributed by atoms with van der Waals surface area (Å²) in [6.45, 7) is 5.68. The minimum atomic E-state index is -1.23. The topological polar surface area (TPSA) is 126 Å². The molecule has 2 aromatic carbocycles. The van der Waals surface area contributed by atoms with Gasteiger partial charge in [0.25, 0.3) is 0 Å². The third kappa shape index (κ3) is 4.37. The van der Waals surface area contributed by atoms with Crippen LogP contribution in [0.5, 0.6) is 0 Å². The molecule has 0 amide bonds. The number of halogens is 1. The molecule has 2 rings (SSSR count). The minimum absolute atomic E-state index is 0.381. The highest BCUT2D eigenvalue weighted by atomic mass is 19.1. The Labute approximate surface area is 160 Å².